The normalized spacial score (nSPS) is 11.4. The number of rotatable bonds is 7. The van der Waals surface area contributed by atoms with Gasteiger partial charge < -0.3 is 5.32 Å². The Morgan fingerprint density at radius 2 is 1.66 bits per heavy atom. The highest BCUT2D eigenvalue weighted by Crippen LogP contribution is 2.19. The molecule has 3 aromatic rings. The van der Waals surface area contributed by atoms with E-state index < -0.39 is 10.0 Å². The summed E-state index contributed by atoms with van der Waals surface area (Å²) < 4.78 is 27.4. The van der Waals surface area contributed by atoms with Gasteiger partial charge >= 0.3 is 0 Å². The van der Waals surface area contributed by atoms with E-state index in [1.807, 2.05) is 43.3 Å². The Morgan fingerprint density at radius 1 is 0.966 bits per heavy atom. The van der Waals surface area contributed by atoms with Crippen molar-refractivity contribution in [1.82, 2.24) is 9.29 Å². The second kappa shape index (κ2) is 8.98. The molecule has 0 aliphatic rings. The summed E-state index contributed by atoms with van der Waals surface area (Å²) in [5.74, 6) is 0.107. The van der Waals surface area contributed by atoms with Crippen molar-refractivity contribution in [2.75, 3.05) is 11.9 Å². The predicted octanol–water partition coefficient (Wildman–Crippen LogP) is 3.85. The van der Waals surface area contributed by atoms with Gasteiger partial charge in [0.2, 0.25) is 10.0 Å². The van der Waals surface area contributed by atoms with E-state index in [1.54, 1.807) is 19.1 Å². The molecule has 0 spiro atoms. The molecule has 0 fully saturated rings. The number of carbonyl (C=O) groups is 1. The van der Waals surface area contributed by atoms with Gasteiger partial charge in [-0.05, 0) is 48.9 Å². The minimum absolute atomic E-state index is 0.153. The Balaban J connectivity index is 1.76. The SMILES string of the molecule is CCN(Cc1ccccc1)S(=O)(=O)c1ccc(C(=O)Nc2cccc(C)n2)cc1. The molecule has 0 aliphatic heterocycles. The van der Waals surface area contributed by atoms with Crippen LogP contribution >= 0.6 is 0 Å². The van der Waals surface area contributed by atoms with Gasteiger partial charge in [-0.1, -0.05) is 43.3 Å². The first kappa shape index (κ1) is 20.7. The Kier molecular flexibility index (Phi) is 6.41. The molecular weight excluding hydrogens is 386 g/mol. The van der Waals surface area contributed by atoms with Gasteiger partial charge in [0.15, 0.2) is 0 Å². The second-order valence-corrected chi connectivity index (χ2v) is 8.50. The summed E-state index contributed by atoms with van der Waals surface area (Å²) in [6, 6.07) is 20.7. The highest BCUT2D eigenvalue weighted by molar-refractivity contribution is 7.89. The van der Waals surface area contributed by atoms with Gasteiger partial charge in [-0.15, -0.1) is 0 Å². The van der Waals surface area contributed by atoms with Gasteiger partial charge in [-0.25, -0.2) is 13.4 Å². The number of sulfonamides is 1. The van der Waals surface area contributed by atoms with E-state index >= 15 is 0 Å². The third-order valence-corrected chi connectivity index (χ3v) is 6.37. The van der Waals surface area contributed by atoms with Crippen molar-refractivity contribution in [3.8, 4) is 0 Å². The van der Waals surface area contributed by atoms with Crippen LogP contribution in [0.25, 0.3) is 0 Å². The van der Waals surface area contributed by atoms with E-state index in [-0.39, 0.29) is 10.8 Å². The fraction of sp³-hybridized carbons (Fsp3) is 0.182. The number of nitrogens with zero attached hydrogens (tertiary/aromatic N) is 2. The van der Waals surface area contributed by atoms with Gasteiger partial charge in [0.1, 0.15) is 5.82 Å². The molecule has 1 amide bonds. The van der Waals surface area contributed by atoms with Crippen molar-refractivity contribution < 1.29 is 13.2 Å². The van der Waals surface area contributed by atoms with Crippen LogP contribution < -0.4 is 5.32 Å². The molecule has 3 rings (SSSR count). The van der Waals surface area contributed by atoms with Crippen molar-refractivity contribution >= 4 is 21.7 Å². The molecular formula is C22H23N3O3S. The molecule has 1 heterocycles. The summed E-state index contributed by atoms with van der Waals surface area (Å²) in [5, 5.41) is 2.71. The van der Waals surface area contributed by atoms with E-state index in [0.29, 0.717) is 24.5 Å². The van der Waals surface area contributed by atoms with Crippen LogP contribution in [0.2, 0.25) is 0 Å². The molecule has 0 radical (unpaired) electrons. The van der Waals surface area contributed by atoms with E-state index in [2.05, 4.69) is 10.3 Å². The zero-order valence-electron chi connectivity index (χ0n) is 16.4. The van der Waals surface area contributed by atoms with E-state index in [0.717, 1.165) is 11.3 Å². The Bertz CT molecular complexity index is 1080. The monoisotopic (exact) mass is 409 g/mol. The standard InChI is InChI=1S/C22H23N3O3S/c1-3-25(16-18-9-5-4-6-10-18)29(27,28)20-14-12-19(13-15-20)22(26)24-21-11-7-8-17(2)23-21/h4-15H,3,16H2,1-2H3,(H,23,24,26). The van der Waals surface area contributed by atoms with Crippen LogP contribution in [-0.2, 0) is 16.6 Å². The molecule has 0 aliphatic carbocycles. The number of hydrogen-bond acceptors (Lipinski definition) is 4. The highest BCUT2D eigenvalue weighted by atomic mass is 32.2. The molecule has 1 N–H and O–H groups in total. The maximum Gasteiger partial charge on any atom is 0.256 e. The third-order valence-electron chi connectivity index (χ3n) is 4.44. The van der Waals surface area contributed by atoms with Crippen LogP contribution in [0.1, 0.15) is 28.5 Å². The Morgan fingerprint density at radius 3 is 2.28 bits per heavy atom. The maximum atomic E-state index is 13.0. The largest absolute Gasteiger partial charge is 0.307 e. The number of anilines is 1. The topological polar surface area (TPSA) is 79.4 Å². The summed E-state index contributed by atoms with van der Waals surface area (Å²) >= 11 is 0. The lowest BCUT2D eigenvalue weighted by molar-refractivity contribution is 0.102. The summed E-state index contributed by atoms with van der Waals surface area (Å²) in [5.41, 5.74) is 2.07. The molecule has 0 bridgehead atoms. The summed E-state index contributed by atoms with van der Waals surface area (Å²) in [6.45, 7) is 4.28. The molecule has 150 valence electrons. The van der Waals surface area contributed by atoms with Gasteiger partial charge in [-0.3, -0.25) is 4.79 Å². The summed E-state index contributed by atoms with van der Waals surface area (Å²) in [4.78, 5) is 16.8. The molecule has 0 saturated heterocycles. The quantitative estimate of drug-likeness (QED) is 0.643. The highest BCUT2D eigenvalue weighted by Gasteiger charge is 2.23. The first-order chi connectivity index (χ1) is 13.9. The van der Waals surface area contributed by atoms with Crippen LogP contribution in [-0.4, -0.2) is 30.2 Å². The van der Waals surface area contributed by atoms with Crippen LogP contribution in [0, 0.1) is 6.92 Å². The Hall–Kier alpha value is -3.03. The molecule has 2 aromatic carbocycles. The molecule has 0 unspecified atom stereocenters. The molecule has 1 aromatic heterocycles. The number of aromatic nitrogens is 1. The van der Waals surface area contributed by atoms with Crippen molar-refractivity contribution in [2.45, 2.75) is 25.3 Å². The predicted molar refractivity (Wildman–Crippen MR) is 113 cm³/mol. The smallest absolute Gasteiger partial charge is 0.256 e. The number of carbonyl (C=O) groups excluding carboxylic acids is 1. The van der Waals surface area contributed by atoms with Crippen LogP contribution in [0.5, 0.6) is 0 Å². The van der Waals surface area contributed by atoms with Crippen molar-refractivity contribution in [3.63, 3.8) is 0 Å². The molecule has 7 heteroatoms. The molecule has 0 saturated carbocycles. The number of aryl methyl sites for hydroxylation is 1. The first-order valence-corrected chi connectivity index (χ1v) is 10.7. The van der Waals surface area contributed by atoms with E-state index in [4.69, 9.17) is 0 Å². The van der Waals surface area contributed by atoms with E-state index in [1.165, 1.54) is 28.6 Å². The maximum absolute atomic E-state index is 13.0. The fourth-order valence-corrected chi connectivity index (χ4v) is 4.32. The van der Waals surface area contributed by atoms with Crippen molar-refractivity contribution in [3.05, 3.63) is 89.6 Å². The first-order valence-electron chi connectivity index (χ1n) is 9.29. The number of amides is 1. The Labute approximate surface area is 171 Å². The number of benzene rings is 2. The molecule has 6 nitrogen and oxygen atoms in total. The van der Waals surface area contributed by atoms with Gasteiger partial charge in [0.25, 0.3) is 5.91 Å². The number of hydrogen-bond donors (Lipinski definition) is 1. The number of nitrogens with one attached hydrogen (secondary N) is 1. The van der Waals surface area contributed by atoms with E-state index in [9.17, 15) is 13.2 Å². The lowest BCUT2D eigenvalue weighted by Gasteiger charge is -2.20. The van der Waals surface area contributed by atoms with Gasteiger partial charge in [-0.2, -0.15) is 4.31 Å². The average molecular weight is 410 g/mol. The van der Waals surface area contributed by atoms with Crippen molar-refractivity contribution in [1.29, 1.82) is 0 Å². The summed E-state index contributed by atoms with van der Waals surface area (Å²) in [6.07, 6.45) is 0. The third kappa shape index (κ3) is 5.07. The minimum atomic E-state index is -3.67. The lowest BCUT2D eigenvalue weighted by atomic mass is 10.2. The van der Waals surface area contributed by atoms with Crippen LogP contribution in [0.15, 0.2) is 77.7 Å². The molecule has 0 atom stereocenters. The minimum Gasteiger partial charge on any atom is -0.307 e. The van der Waals surface area contributed by atoms with Crippen LogP contribution in [0.4, 0.5) is 5.82 Å². The van der Waals surface area contributed by atoms with Crippen LogP contribution in [0.3, 0.4) is 0 Å². The zero-order valence-corrected chi connectivity index (χ0v) is 17.2. The number of pyridine rings is 1. The van der Waals surface area contributed by atoms with Gasteiger partial charge in [0.05, 0.1) is 4.90 Å². The summed E-state index contributed by atoms with van der Waals surface area (Å²) in [7, 11) is -3.67. The second-order valence-electron chi connectivity index (χ2n) is 6.56. The zero-order chi connectivity index (χ0) is 20.9. The fourth-order valence-electron chi connectivity index (χ4n) is 2.88. The molecule has 29 heavy (non-hydrogen) atoms. The van der Waals surface area contributed by atoms with Crippen molar-refractivity contribution in [2.24, 2.45) is 0 Å². The van der Waals surface area contributed by atoms with Gasteiger partial charge in [0, 0.05) is 24.3 Å². The lowest BCUT2D eigenvalue weighted by Crippen LogP contribution is -2.30. The average Bonchev–Trinajstić information content (AvgIpc) is 2.72.